The molecule has 0 saturated heterocycles. The van der Waals surface area contributed by atoms with E-state index in [-0.39, 0.29) is 5.97 Å². The lowest BCUT2D eigenvalue weighted by atomic mass is 10.0. The SMILES string of the molecule is CCOCCOCCCCCCCCc1ccc(-c2ccc(OC(C)=O)cc2)cc1. The Hall–Kier alpha value is -2.17. The molecule has 4 heteroatoms. The molecule has 0 aliphatic rings. The van der Waals surface area contributed by atoms with E-state index in [4.69, 9.17) is 14.2 Å². The normalized spacial score (nSPS) is 10.9. The van der Waals surface area contributed by atoms with Crippen molar-refractivity contribution in [1.29, 1.82) is 0 Å². The van der Waals surface area contributed by atoms with Crippen LogP contribution in [0.1, 0.15) is 57.9 Å². The molecule has 2 rings (SSSR count). The fourth-order valence-corrected chi connectivity index (χ4v) is 3.35. The van der Waals surface area contributed by atoms with Crippen molar-refractivity contribution in [1.82, 2.24) is 0 Å². The molecule has 0 radical (unpaired) electrons. The van der Waals surface area contributed by atoms with Crippen molar-refractivity contribution in [2.45, 2.75) is 58.8 Å². The highest BCUT2D eigenvalue weighted by molar-refractivity contribution is 5.70. The Morgan fingerprint density at radius 1 is 0.700 bits per heavy atom. The van der Waals surface area contributed by atoms with E-state index in [9.17, 15) is 4.79 Å². The highest BCUT2D eigenvalue weighted by Gasteiger charge is 2.02. The standard InChI is InChI=1S/C26H36O4/c1-3-28-20-21-29-19-9-7-5-4-6-8-10-23-11-13-24(14-12-23)25-15-17-26(18-16-25)30-22(2)27/h11-18H,3-10,19-21H2,1-2H3. The first-order chi connectivity index (χ1) is 14.7. The van der Waals surface area contributed by atoms with Gasteiger partial charge in [-0.3, -0.25) is 4.79 Å². The van der Waals surface area contributed by atoms with E-state index < -0.39 is 0 Å². The average molecular weight is 413 g/mol. The third-order valence-corrected chi connectivity index (χ3v) is 4.98. The average Bonchev–Trinajstić information content (AvgIpc) is 2.75. The zero-order valence-electron chi connectivity index (χ0n) is 18.5. The summed E-state index contributed by atoms with van der Waals surface area (Å²) < 4.78 is 15.9. The predicted molar refractivity (Wildman–Crippen MR) is 122 cm³/mol. The van der Waals surface area contributed by atoms with Crippen LogP contribution in [0.3, 0.4) is 0 Å². The summed E-state index contributed by atoms with van der Waals surface area (Å²) in [6.07, 6.45) is 8.63. The van der Waals surface area contributed by atoms with Crippen LogP contribution in [-0.2, 0) is 20.7 Å². The lowest BCUT2D eigenvalue weighted by Crippen LogP contribution is -2.04. The Labute approximate surface area is 181 Å². The first kappa shape index (κ1) is 24.1. The van der Waals surface area contributed by atoms with Gasteiger partial charge in [0.05, 0.1) is 13.2 Å². The van der Waals surface area contributed by atoms with Gasteiger partial charge < -0.3 is 14.2 Å². The van der Waals surface area contributed by atoms with Crippen molar-refractivity contribution in [3.63, 3.8) is 0 Å². The molecule has 0 atom stereocenters. The largest absolute Gasteiger partial charge is 0.427 e. The summed E-state index contributed by atoms with van der Waals surface area (Å²) in [7, 11) is 0. The smallest absolute Gasteiger partial charge is 0.308 e. The minimum absolute atomic E-state index is 0.297. The van der Waals surface area contributed by atoms with Gasteiger partial charge in [0.15, 0.2) is 0 Å². The Kier molecular flexibility index (Phi) is 11.9. The molecule has 0 aliphatic heterocycles. The van der Waals surface area contributed by atoms with Gasteiger partial charge in [-0.05, 0) is 55.0 Å². The van der Waals surface area contributed by atoms with Crippen LogP contribution in [0.2, 0.25) is 0 Å². The molecule has 0 fully saturated rings. The van der Waals surface area contributed by atoms with Crippen LogP contribution in [0.25, 0.3) is 11.1 Å². The lowest BCUT2D eigenvalue weighted by molar-refractivity contribution is -0.131. The summed E-state index contributed by atoms with van der Waals surface area (Å²) in [5.74, 6) is 0.284. The third-order valence-electron chi connectivity index (χ3n) is 4.98. The minimum atomic E-state index is -0.297. The Morgan fingerprint density at radius 3 is 1.90 bits per heavy atom. The molecule has 0 aromatic heterocycles. The van der Waals surface area contributed by atoms with Crippen molar-refractivity contribution in [2.24, 2.45) is 0 Å². The quantitative estimate of drug-likeness (QED) is 0.198. The van der Waals surface area contributed by atoms with Gasteiger partial charge in [0.1, 0.15) is 5.75 Å². The Balaban J connectivity index is 1.56. The van der Waals surface area contributed by atoms with Gasteiger partial charge in [0, 0.05) is 20.1 Å². The minimum Gasteiger partial charge on any atom is -0.427 e. The van der Waals surface area contributed by atoms with Crippen molar-refractivity contribution in [3.05, 3.63) is 54.1 Å². The van der Waals surface area contributed by atoms with Crippen molar-refractivity contribution in [2.75, 3.05) is 26.4 Å². The summed E-state index contributed by atoms with van der Waals surface area (Å²) in [5, 5.41) is 0. The number of esters is 1. The van der Waals surface area contributed by atoms with Gasteiger partial charge in [-0.25, -0.2) is 0 Å². The monoisotopic (exact) mass is 412 g/mol. The number of benzene rings is 2. The summed E-state index contributed by atoms with van der Waals surface area (Å²) in [6.45, 7) is 6.46. The molecule has 164 valence electrons. The molecule has 0 aliphatic carbocycles. The lowest BCUT2D eigenvalue weighted by Gasteiger charge is -2.07. The fourth-order valence-electron chi connectivity index (χ4n) is 3.35. The number of hydrogen-bond donors (Lipinski definition) is 0. The second-order valence-corrected chi connectivity index (χ2v) is 7.50. The topological polar surface area (TPSA) is 44.8 Å². The number of rotatable bonds is 15. The van der Waals surface area contributed by atoms with Crippen LogP contribution in [0.15, 0.2) is 48.5 Å². The van der Waals surface area contributed by atoms with Gasteiger partial charge in [-0.15, -0.1) is 0 Å². The fraction of sp³-hybridized carbons (Fsp3) is 0.500. The summed E-state index contributed by atoms with van der Waals surface area (Å²) in [4.78, 5) is 11.0. The number of aryl methyl sites for hydroxylation is 1. The molecule has 0 unspecified atom stereocenters. The van der Waals surface area contributed by atoms with E-state index in [1.807, 2.05) is 31.2 Å². The van der Waals surface area contributed by atoms with Gasteiger partial charge in [0.25, 0.3) is 0 Å². The Morgan fingerprint density at radius 2 is 1.27 bits per heavy atom. The number of ether oxygens (including phenoxy) is 3. The van der Waals surface area contributed by atoms with E-state index in [2.05, 4.69) is 24.3 Å². The maximum atomic E-state index is 11.0. The second-order valence-electron chi connectivity index (χ2n) is 7.50. The zero-order chi connectivity index (χ0) is 21.4. The molecule has 2 aromatic rings. The van der Waals surface area contributed by atoms with Gasteiger partial charge in [0.2, 0.25) is 0 Å². The van der Waals surface area contributed by atoms with Crippen LogP contribution in [0.5, 0.6) is 5.75 Å². The molecular weight excluding hydrogens is 376 g/mol. The van der Waals surface area contributed by atoms with Crippen LogP contribution < -0.4 is 4.74 Å². The summed E-state index contributed by atoms with van der Waals surface area (Å²) in [6, 6.07) is 16.4. The molecule has 30 heavy (non-hydrogen) atoms. The van der Waals surface area contributed by atoms with Crippen molar-refractivity contribution in [3.8, 4) is 16.9 Å². The summed E-state index contributed by atoms with van der Waals surface area (Å²) in [5.41, 5.74) is 3.69. The molecule has 0 bridgehead atoms. The molecule has 0 amide bonds. The molecule has 4 nitrogen and oxygen atoms in total. The highest BCUT2D eigenvalue weighted by Crippen LogP contribution is 2.23. The van der Waals surface area contributed by atoms with Gasteiger partial charge >= 0.3 is 5.97 Å². The van der Waals surface area contributed by atoms with E-state index >= 15 is 0 Å². The van der Waals surface area contributed by atoms with E-state index in [1.54, 1.807) is 0 Å². The van der Waals surface area contributed by atoms with Crippen LogP contribution in [0, 0.1) is 0 Å². The van der Waals surface area contributed by atoms with Gasteiger partial charge in [-0.2, -0.15) is 0 Å². The van der Waals surface area contributed by atoms with Crippen molar-refractivity contribution >= 4 is 5.97 Å². The van der Waals surface area contributed by atoms with Crippen molar-refractivity contribution < 1.29 is 19.0 Å². The zero-order valence-corrected chi connectivity index (χ0v) is 18.5. The number of carbonyl (C=O) groups is 1. The molecule has 0 heterocycles. The van der Waals surface area contributed by atoms with E-state index in [0.717, 1.165) is 31.6 Å². The maximum Gasteiger partial charge on any atom is 0.308 e. The number of hydrogen-bond acceptors (Lipinski definition) is 4. The molecule has 2 aromatic carbocycles. The highest BCUT2D eigenvalue weighted by atomic mass is 16.5. The predicted octanol–water partition coefficient (Wildman–Crippen LogP) is 6.22. The van der Waals surface area contributed by atoms with Crippen LogP contribution in [-0.4, -0.2) is 32.4 Å². The van der Waals surface area contributed by atoms with E-state index in [0.29, 0.717) is 19.0 Å². The van der Waals surface area contributed by atoms with Gasteiger partial charge in [-0.1, -0.05) is 62.1 Å². The Bertz CT molecular complexity index is 707. The van der Waals surface area contributed by atoms with E-state index in [1.165, 1.54) is 50.2 Å². The first-order valence-electron chi connectivity index (χ1n) is 11.2. The van der Waals surface area contributed by atoms with Crippen LogP contribution in [0.4, 0.5) is 0 Å². The maximum absolute atomic E-state index is 11.0. The number of carbonyl (C=O) groups excluding carboxylic acids is 1. The molecular formula is C26H36O4. The molecule has 0 saturated carbocycles. The molecule has 0 spiro atoms. The second kappa shape index (κ2) is 14.8. The van der Waals surface area contributed by atoms with Crippen LogP contribution >= 0.6 is 0 Å². The molecule has 0 N–H and O–H groups in total. The number of unbranched alkanes of at least 4 members (excludes halogenated alkanes) is 5. The summed E-state index contributed by atoms with van der Waals surface area (Å²) >= 11 is 0. The third kappa shape index (κ3) is 10.0. The first-order valence-corrected chi connectivity index (χ1v) is 11.2.